The summed E-state index contributed by atoms with van der Waals surface area (Å²) in [6.45, 7) is 6.65. The number of carboxylic acids is 1. The highest BCUT2D eigenvalue weighted by atomic mass is 16.5. The predicted molar refractivity (Wildman–Crippen MR) is 76.6 cm³/mol. The van der Waals surface area contributed by atoms with Gasteiger partial charge in [-0.25, -0.2) is 0 Å². The van der Waals surface area contributed by atoms with Crippen LogP contribution in [0.5, 0.6) is 5.75 Å². The summed E-state index contributed by atoms with van der Waals surface area (Å²) in [5, 5.41) is 10.3. The van der Waals surface area contributed by atoms with Crippen LogP contribution in [0.3, 0.4) is 0 Å². The van der Waals surface area contributed by atoms with E-state index >= 15 is 0 Å². The fourth-order valence-corrected chi connectivity index (χ4v) is 1.39. The van der Waals surface area contributed by atoms with Crippen molar-refractivity contribution >= 4 is 5.97 Å². The molecule has 1 rings (SSSR count). The molecule has 0 spiro atoms. The number of carboxylic acid groups (broad SMARTS) is 1. The average Bonchev–Trinajstić information content (AvgIpc) is 2.28. The molecule has 0 aromatic heterocycles. The lowest BCUT2D eigenvalue weighted by atomic mass is 10.1. The summed E-state index contributed by atoms with van der Waals surface area (Å²) in [5.41, 5.74) is 7.95. The van der Waals surface area contributed by atoms with Crippen molar-refractivity contribution in [3.05, 3.63) is 29.3 Å². The van der Waals surface area contributed by atoms with Gasteiger partial charge in [0, 0.05) is 6.04 Å². The van der Waals surface area contributed by atoms with E-state index in [1.807, 2.05) is 39.0 Å². The Bertz CT molecular complexity index is 372. The van der Waals surface area contributed by atoms with Gasteiger partial charge in [-0.1, -0.05) is 18.2 Å². The number of hydrogen-bond donors (Lipinski definition) is 3. The number of hydrogen-bond acceptors (Lipinski definition) is 4. The second-order valence-electron chi connectivity index (χ2n) is 4.43. The number of likely N-dealkylation sites (N-methyl/N-ethyl adjacent to an activating group) is 1. The molecule has 0 saturated heterocycles. The monoisotopic (exact) mass is 268 g/mol. The highest BCUT2D eigenvalue weighted by molar-refractivity contribution is 5.68. The molecule has 0 aliphatic rings. The van der Waals surface area contributed by atoms with Crippen LogP contribution in [0, 0.1) is 13.8 Å². The minimum absolute atomic E-state index is 0.0417. The van der Waals surface area contributed by atoms with Gasteiger partial charge >= 0.3 is 5.97 Å². The summed E-state index contributed by atoms with van der Waals surface area (Å²) in [5.74, 6) is 0.150. The van der Waals surface area contributed by atoms with Crippen LogP contribution in [-0.2, 0) is 4.79 Å². The second-order valence-corrected chi connectivity index (χ2v) is 4.43. The molecular weight excluding hydrogens is 244 g/mol. The third-order valence-corrected chi connectivity index (χ3v) is 2.23. The van der Waals surface area contributed by atoms with Crippen molar-refractivity contribution in [2.75, 3.05) is 20.2 Å². The number of rotatable bonds is 5. The Hall–Kier alpha value is -1.59. The van der Waals surface area contributed by atoms with E-state index in [0.717, 1.165) is 5.75 Å². The molecule has 19 heavy (non-hydrogen) atoms. The largest absolute Gasteiger partial charge is 0.491 e. The molecule has 108 valence electrons. The van der Waals surface area contributed by atoms with E-state index in [1.54, 1.807) is 7.05 Å². The minimum Gasteiger partial charge on any atom is -0.491 e. The van der Waals surface area contributed by atoms with Gasteiger partial charge < -0.3 is 20.9 Å². The molecule has 0 heterocycles. The van der Waals surface area contributed by atoms with Gasteiger partial charge in [-0.3, -0.25) is 4.79 Å². The summed E-state index contributed by atoms with van der Waals surface area (Å²) in [6, 6.07) is 6.20. The van der Waals surface area contributed by atoms with E-state index in [0.29, 0.717) is 6.61 Å². The van der Waals surface area contributed by atoms with E-state index in [4.69, 9.17) is 15.6 Å². The lowest BCUT2D eigenvalue weighted by Gasteiger charge is -2.13. The van der Waals surface area contributed by atoms with Crippen molar-refractivity contribution in [3.63, 3.8) is 0 Å². The zero-order chi connectivity index (χ0) is 14.8. The molecule has 1 aromatic carbocycles. The summed E-state index contributed by atoms with van der Waals surface area (Å²) in [7, 11) is 1.59. The van der Waals surface area contributed by atoms with Crippen LogP contribution in [0.1, 0.15) is 18.1 Å². The standard InChI is InChI=1S/C11H17NO.C3H7NO2/c1-8-5-4-6-9(2)11(8)13-7-10(3)12;1-4-2-3(5)6/h4-6,10H,7,12H2,1-3H3;4H,2H2,1H3,(H,5,6). The van der Waals surface area contributed by atoms with Crippen molar-refractivity contribution in [1.82, 2.24) is 5.32 Å². The molecule has 0 bridgehead atoms. The zero-order valence-corrected chi connectivity index (χ0v) is 12.1. The van der Waals surface area contributed by atoms with Gasteiger partial charge in [0.2, 0.25) is 0 Å². The number of nitrogens with one attached hydrogen (secondary N) is 1. The number of aliphatic carboxylic acids is 1. The Morgan fingerprint density at radius 3 is 2.26 bits per heavy atom. The van der Waals surface area contributed by atoms with Crippen molar-refractivity contribution < 1.29 is 14.6 Å². The molecule has 0 amide bonds. The van der Waals surface area contributed by atoms with Crippen LogP contribution in [0.25, 0.3) is 0 Å². The fraction of sp³-hybridized carbons (Fsp3) is 0.500. The molecule has 0 aliphatic heterocycles. The molecule has 5 heteroatoms. The van der Waals surface area contributed by atoms with Crippen molar-refractivity contribution in [3.8, 4) is 5.75 Å². The molecule has 1 unspecified atom stereocenters. The highest BCUT2D eigenvalue weighted by Crippen LogP contribution is 2.22. The van der Waals surface area contributed by atoms with Crippen molar-refractivity contribution in [2.24, 2.45) is 5.73 Å². The maximum atomic E-state index is 9.54. The Labute approximate surface area is 114 Å². The van der Waals surface area contributed by atoms with E-state index in [1.165, 1.54) is 11.1 Å². The Morgan fingerprint density at radius 1 is 1.42 bits per heavy atom. The van der Waals surface area contributed by atoms with Crippen LogP contribution in [0.2, 0.25) is 0 Å². The number of carbonyl (C=O) groups is 1. The Kier molecular flexibility index (Phi) is 8.57. The topological polar surface area (TPSA) is 84.6 Å². The van der Waals surface area contributed by atoms with Crippen molar-refractivity contribution in [2.45, 2.75) is 26.8 Å². The van der Waals surface area contributed by atoms with Crippen LogP contribution >= 0.6 is 0 Å². The van der Waals surface area contributed by atoms with Gasteiger partial charge in [0.05, 0.1) is 6.54 Å². The smallest absolute Gasteiger partial charge is 0.317 e. The predicted octanol–water partition coefficient (Wildman–Crippen LogP) is 1.32. The number of benzene rings is 1. The second kappa shape index (κ2) is 9.35. The molecule has 1 atom stereocenters. The lowest BCUT2D eigenvalue weighted by molar-refractivity contribution is -0.135. The normalized spacial score (nSPS) is 11.2. The fourth-order valence-electron chi connectivity index (χ4n) is 1.39. The number of aryl methyl sites for hydroxylation is 2. The maximum Gasteiger partial charge on any atom is 0.317 e. The van der Waals surface area contributed by atoms with Gasteiger partial charge in [-0.15, -0.1) is 0 Å². The molecule has 4 N–H and O–H groups in total. The first-order valence-corrected chi connectivity index (χ1v) is 6.19. The van der Waals surface area contributed by atoms with Gasteiger partial charge in [0.15, 0.2) is 0 Å². The quantitative estimate of drug-likeness (QED) is 0.750. The summed E-state index contributed by atoms with van der Waals surface area (Å²) < 4.78 is 5.60. The summed E-state index contributed by atoms with van der Waals surface area (Å²) in [4.78, 5) is 9.54. The van der Waals surface area contributed by atoms with Crippen LogP contribution in [0.15, 0.2) is 18.2 Å². The molecule has 0 aliphatic carbocycles. The Balaban J connectivity index is 0.000000459. The molecule has 5 nitrogen and oxygen atoms in total. The molecule has 0 radical (unpaired) electrons. The minimum atomic E-state index is -0.822. The van der Waals surface area contributed by atoms with E-state index < -0.39 is 5.97 Å². The van der Waals surface area contributed by atoms with Crippen molar-refractivity contribution in [1.29, 1.82) is 0 Å². The zero-order valence-electron chi connectivity index (χ0n) is 12.1. The molecule has 0 fully saturated rings. The first kappa shape index (κ1) is 17.4. The number of para-hydroxylation sites is 1. The third kappa shape index (κ3) is 8.18. The first-order valence-electron chi connectivity index (χ1n) is 6.19. The lowest BCUT2D eigenvalue weighted by Crippen LogP contribution is -2.24. The van der Waals surface area contributed by atoms with Gasteiger partial charge in [0.25, 0.3) is 0 Å². The van der Waals surface area contributed by atoms with Crippen LogP contribution < -0.4 is 15.8 Å². The van der Waals surface area contributed by atoms with Gasteiger partial charge in [-0.05, 0) is 38.9 Å². The highest BCUT2D eigenvalue weighted by Gasteiger charge is 2.03. The average molecular weight is 268 g/mol. The van der Waals surface area contributed by atoms with Crippen LogP contribution in [0.4, 0.5) is 0 Å². The molecule has 0 saturated carbocycles. The first-order chi connectivity index (χ1) is 8.88. The van der Waals surface area contributed by atoms with E-state index in [-0.39, 0.29) is 12.6 Å². The third-order valence-electron chi connectivity index (χ3n) is 2.23. The van der Waals surface area contributed by atoms with E-state index in [9.17, 15) is 4.79 Å². The number of ether oxygens (including phenoxy) is 1. The van der Waals surface area contributed by atoms with Gasteiger partial charge in [-0.2, -0.15) is 0 Å². The molecule has 1 aromatic rings. The van der Waals surface area contributed by atoms with Crippen LogP contribution in [-0.4, -0.2) is 37.3 Å². The SMILES string of the molecule is CNCC(=O)O.Cc1cccc(C)c1OCC(C)N. The molecular formula is C14H24N2O3. The van der Waals surface area contributed by atoms with E-state index in [2.05, 4.69) is 5.32 Å². The van der Waals surface area contributed by atoms with Gasteiger partial charge in [0.1, 0.15) is 12.4 Å². The summed E-state index contributed by atoms with van der Waals surface area (Å²) >= 11 is 0. The Morgan fingerprint density at radius 2 is 1.95 bits per heavy atom. The maximum absolute atomic E-state index is 9.54. The summed E-state index contributed by atoms with van der Waals surface area (Å²) in [6.07, 6.45) is 0. The number of nitrogens with two attached hydrogens (primary N) is 1.